The minimum Gasteiger partial charge on any atom is -0.344 e. The molecule has 1 aromatic heterocycles. The SMILES string of the molecule is CCC1CCN(c2nc(Cl)c(C#N)s2)C(CN)C1. The number of nitrogens with zero attached hydrogens (tertiary/aromatic N) is 3. The third kappa shape index (κ3) is 2.61. The first-order chi connectivity index (χ1) is 8.69. The van der Waals surface area contributed by atoms with E-state index in [1.165, 1.54) is 17.8 Å². The Morgan fingerprint density at radius 3 is 3.00 bits per heavy atom. The lowest BCUT2D eigenvalue weighted by Gasteiger charge is -2.38. The molecule has 4 nitrogen and oxygen atoms in total. The molecular weight excluding hydrogens is 268 g/mol. The second-order valence-electron chi connectivity index (χ2n) is 4.61. The van der Waals surface area contributed by atoms with Gasteiger partial charge < -0.3 is 10.6 Å². The zero-order valence-electron chi connectivity index (χ0n) is 10.4. The van der Waals surface area contributed by atoms with Crippen molar-refractivity contribution in [2.45, 2.75) is 32.2 Å². The first-order valence-corrected chi connectivity index (χ1v) is 7.42. The van der Waals surface area contributed by atoms with Crippen molar-refractivity contribution in [2.75, 3.05) is 18.0 Å². The molecule has 2 N–H and O–H groups in total. The molecule has 6 heteroatoms. The van der Waals surface area contributed by atoms with Crippen molar-refractivity contribution >= 4 is 28.1 Å². The number of hydrogen-bond donors (Lipinski definition) is 1. The molecule has 0 aromatic carbocycles. The molecule has 1 aliphatic rings. The largest absolute Gasteiger partial charge is 0.344 e. The summed E-state index contributed by atoms with van der Waals surface area (Å²) in [4.78, 5) is 6.98. The van der Waals surface area contributed by atoms with Crippen LogP contribution in [0.3, 0.4) is 0 Å². The molecule has 2 atom stereocenters. The highest BCUT2D eigenvalue weighted by Crippen LogP contribution is 2.34. The quantitative estimate of drug-likeness (QED) is 0.926. The average molecular weight is 285 g/mol. The summed E-state index contributed by atoms with van der Waals surface area (Å²) in [5, 5.41) is 10.1. The molecule has 1 fully saturated rings. The van der Waals surface area contributed by atoms with Crippen molar-refractivity contribution in [1.29, 1.82) is 5.26 Å². The molecule has 18 heavy (non-hydrogen) atoms. The molecule has 0 aliphatic carbocycles. The minimum atomic E-state index is 0.311. The van der Waals surface area contributed by atoms with Crippen LogP contribution in [-0.2, 0) is 0 Å². The van der Waals surface area contributed by atoms with Crippen molar-refractivity contribution in [3.05, 3.63) is 10.0 Å². The lowest BCUT2D eigenvalue weighted by molar-refractivity contribution is 0.335. The second kappa shape index (κ2) is 5.87. The number of rotatable bonds is 3. The fraction of sp³-hybridized carbons (Fsp3) is 0.667. The van der Waals surface area contributed by atoms with Gasteiger partial charge in [0.05, 0.1) is 0 Å². The number of aromatic nitrogens is 1. The van der Waals surface area contributed by atoms with E-state index in [1.807, 2.05) is 0 Å². The lowest BCUT2D eigenvalue weighted by atomic mass is 9.89. The number of halogens is 1. The number of piperidine rings is 1. The topological polar surface area (TPSA) is 65.9 Å². The molecule has 0 bridgehead atoms. The fourth-order valence-corrected chi connectivity index (χ4v) is 3.60. The van der Waals surface area contributed by atoms with Gasteiger partial charge in [-0.15, -0.1) is 0 Å². The Labute approximate surface area is 116 Å². The van der Waals surface area contributed by atoms with Gasteiger partial charge in [0.2, 0.25) is 0 Å². The first kappa shape index (κ1) is 13.6. The van der Waals surface area contributed by atoms with E-state index in [9.17, 15) is 0 Å². The number of anilines is 1. The van der Waals surface area contributed by atoms with Crippen LogP contribution in [0.25, 0.3) is 0 Å². The maximum Gasteiger partial charge on any atom is 0.188 e. The van der Waals surface area contributed by atoms with E-state index in [0.717, 1.165) is 30.4 Å². The molecule has 0 radical (unpaired) electrons. The van der Waals surface area contributed by atoms with E-state index in [2.05, 4.69) is 22.9 Å². The Balaban J connectivity index is 2.19. The highest BCUT2D eigenvalue weighted by molar-refractivity contribution is 7.16. The number of hydrogen-bond acceptors (Lipinski definition) is 5. The van der Waals surface area contributed by atoms with Gasteiger partial charge in [0.1, 0.15) is 10.9 Å². The molecule has 2 heterocycles. The number of nitriles is 1. The van der Waals surface area contributed by atoms with Gasteiger partial charge in [0.25, 0.3) is 0 Å². The lowest BCUT2D eigenvalue weighted by Crippen LogP contribution is -2.46. The van der Waals surface area contributed by atoms with Crippen LogP contribution in [0.1, 0.15) is 31.1 Å². The van der Waals surface area contributed by atoms with Gasteiger partial charge in [-0.1, -0.05) is 36.3 Å². The summed E-state index contributed by atoms with van der Waals surface area (Å²) in [6.07, 6.45) is 3.46. The van der Waals surface area contributed by atoms with E-state index >= 15 is 0 Å². The smallest absolute Gasteiger partial charge is 0.188 e. The summed E-state index contributed by atoms with van der Waals surface area (Å²) in [7, 11) is 0. The highest BCUT2D eigenvalue weighted by atomic mass is 35.5. The van der Waals surface area contributed by atoms with Crippen molar-refractivity contribution in [3.8, 4) is 6.07 Å². The molecule has 0 spiro atoms. The van der Waals surface area contributed by atoms with Gasteiger partial charge in [0, 0.05) is 19.1 Å². The zero-order chi connectivity index (χ0) is 13.1. The molecule has 98 valence electrons. The molecule has 0 amide bonds. The van der Waals surface area contributed by atoms with E-state index in [1.54, 1.807) is 0 Å². The van der Waals surface area contributed by atoms with Crippen LogP contribution in [0.15, 0.2) is 0 Å². The molecule has 1 saturated heterocycles. The minimum absolute atomic E-state index is 0.311. The standard InChI is InChI=1S/C12H17ClN4S/c1-2-8-3-4-17(9(5-8)6-14)12-16-11(13)10(7-15)18-12/h8-9H,2-6,14H2,1H3. The Bertz CT molecular complexity index is 453. The fourth-order valence-electron chi connectivity index (χ4n) is 2.46. The molecule has 2 unspecified atom stereocenters. The highest BCUT2D eigenvalue weighted by Gasteiger charge is 2.29. The summed E-state index contributed by atoms with van der Waals surface area (Å²) in [5.41, 5.74) is 5.86. The maximum atomic E-state index is 8.93. The van der Waals surface area contributed by atoms with Crippen LogP contribution in [0.5, 0.6) is 0 Å². The Kier molecular flexibility index (Phi) is 4.44. The monoisotopic (exact) mass is 284 g/mol. The summed E-state index contributed by atoms with van der Waals surface area (Å²) in [6.45, 7) is 3.80. The van der Waals surface area contributed by atoms with Crippen LogP contribution in [0.2, 0.25) is 5.15 Å². The zero-order valence-corrected chi connectivity index (χ0v) is 12.0. The normalized spacial score (nSPS) is 24.0. The Morgan fingerprint density at radius 1 is 1.67 bits per heavy atom. The first-order valence-electron chi connectivity index (χ1n) is 6.22. The van der Waals surface area contributed by atoms with Crippen LogP contribution in [0, 0.1) is 17.2 Å². The molecule has 1 aromatic rings. The van der Waals surface area contributed by atoms with Gasteiger partial charge >= 0.3 is 0 Å². The summed E-state index contributed by atoms with van der Waals surface area (Å²) in [6, 6.07) is 2.39. The number of nitrogens with two attached hydrogens (primary N) is 1. The van der Waals surface area contributed by atoms with E-state index in [4.69, 9.17) is 22.6 Å². The average Bonchev–Trinajstić information content (AvgIpc) is 2.79. The van der Waals surface area contributed by atoms with Crippen molar-refractivity contribution < 1.29 is 0 Å². The van der Waals surface area contributed by atoms with Gasteiger partial charge in [-0.25, -0.2) is 4.98 Å². The predicted octanol–water partition coefficient (Wildman–Crippen LogP) is 2.62. The van der Waals surface area contributed by atoms with Gasteiger partial charge in [-0.3, -0.25) is 0 Å². The maximum absolute atomic E-state index is 8.93. The van der Waals surface area contributed by atoms with Gasteiger partial charge in [-0.05, 0) is 18.8 Å². The van der Waals surface area contributed by atoms with E-state index in [-0.39, 0.29) is 0 Å². The van der Waals surface area contributed by atoms with Crippen LogP contribution < -0.4 is 10.6 Å². The Morgan fingerprint density at radius 2 is 2.44 bits per heavy atom. The van der Waals surface area contributed by atoms with Crippen LogP contribution in [-0.4, -0.2) is 24.1 Å². The van der Waals surface area contributed by atoms with Crippen LogP contribution >= 0.6 is 22.9 Å². The summed E-state index contributed by atoms with van der Waals surface area (Å²) < 4.78 is 0. The molecular formula is C12H17ClN4S. The molecule has 1 aliphatic heterocycles. The van der Waals surface area contributed by atoms with E-state index < -0.39 is 0 Å². The second-order valence-corrected chi connectivity index (χ2v) is 5.95. The van der Waals surface area contributed by atoms with Crippen LogP contribution in [0.4, 0.5) is 5.13 Å². The third-order valence-corrected chi connectivity index (χ3v) is 4.98. The van der Waals surface area contributed by atoms with E-state index in [0.29, 0.717) is 22.6 Å². The van der Waals surface area contributed by atoms with Crippen molar-refractivity contribution in [3.63, 3.8) is 0 Å². The molecule has 2 rings (SSSR count). The predicted molar refractivity (Wildman–Crippen MR) is 75.0 cm³/mol. The van der Waals surface area contributed by atoms with Gasteiger partial charge in [-0.2, -0.15) is 5.26 Å². The summed E-state index contributed by atoms with van der Waals surface area (Å²) >= 11 is 7.29. The number of thiazole rings is 1. The van der Waals surface area contributed by atoms with Gasteiger partial charge in [0.15, 0.2) is 10.3 Å². The molecule has 0 saturated carbocycles. The summed E-state index contributed by atoms with van der Waals surface area (Å²) in [5.74, 6) is 0.751. The Hall–Kier alpha value is -0.830. The third-order valence-electron chi connectivity index (χ3n) is 3.60. The van der Waals surface area contributed by atoms with Crippen molar-refractivity contribution in [2.24, 2.45) is 11.7 Å². The van der Waals surface area contributed by atoms with Crippen molar-refractivity contribution in [1.82, 2.24) is 4.98 Å².